The van der Waals surface area contributed by atoms with Gasteiger partial charge >= 0.3 is 0 Å². The Kier molecular flexibility index (Phi) is 3.76. The maximum absolute atomic E-state index is 12.7. The molecule has 2 heterocycles. The second kappa shape index (κ2) is 4.74. The van der Waals surface area contributed by atoms with Gasteiger partial charge in [0.2, 0.25) is 0 Å². The van der Waals surface area contributed by atoms with Crippen LogP contribution in [-0.4, -0.2) is 48.7 Å². The number of ether oxygens (including phenoxy) is 1. The molecule has 1 saturated heterocycles. The Balaban J connectivity index is 2.67. The fraction of sp³-hybridized carbons (Fsp3) is 0.769. The molecule has 1 fully saturated rings. The smallest absolute Gasteiger partial charge is 0.260 e. The van der Waals surface area contributed by atoms with Crippen LogP contribution in [0.4, 0.5) is 0 Å². The number of thioether (sulfide) groups is 1. The molecule has 0 N–H and O–H groups in total. The highest BCUT2D eigenvalue weighted by molar-refractivity contribution is 8.13. The van der Waals surface area contributed by atoms with Crippen LogP contribution < -0.4 is 0 Å². The van der Waals surface area contributed by atoms with Crippen molar-refractivity contribution < 1.29 is 17.9 Å². The third kappa shape index (κ3) is 1.94. The molecule has 0 radical (unpaired) electrons. The molecule has 0 aromatic heterocycles. The van der Waals surface area contributed by atoms with E-state index >= 15 is 0 Å². The van der Waals surface area contributed by atoms with E-state index in [4.69, 9.17) is 4.74 Å². The number of nitrogens with zero attached hydrogens (tertiary/aromatic N) is 1. The third-order valence-electron chi connectivity index (χ3n) is 3.78. The largest absolute Gasteiger partial charge is 0.368 e. The van der Waals surface area contributed by atoms with E-state index in [2.05, 4.69) is 0 Å². The highest BCUT2D eigenvalue weighted by Gasteiger charge is 2.62. The third-order valence-corrected chi connectivity index (χ3v) is 8.02. The monoisotopic (exact) mass is 319 g/mol. The van der Waals surface area contributed by atoms with Gasteiger partial charge in [-0.05, 0) is 18.8 Å². The Morgan fingerprint density at radius 2 is 1.85 bits per heavy atom. The van der Waals surface area contributed by atoms with Crippen LogP contribution in [0.2, 0.25) is 0 Å². The normalized spacial score (nSPS) is 33.0. The van der Waals surface area contributed by atoms with Crippen molar-refractivity contribution in [1.82, 2.24) is 4.90 Å². The van der Waals surface area contributed by atoms with Gasteiger partial charge in [-0.1, -0.05) is 20.8 Å². The Labute approximate surface area is 124 Å². The molecule has 2 aliphatic heterocycles. The number of hydrogen-bond acceptors (Lipinski definition) is 5. The molecule has 3 atom stereocenters. The average Bonchev–Trinajstić information content (AvgIpc) is 2.29. The zero-order valence-corrected chi connectivity index (χ0v) is 14.3. The van der Waals surface area contributed by atoms with E-state index in [1.165, 1.54) is 23.8 Å². The van der Waals surface area contributed by atoms with Gasteiger partial charge in [0, 0.05) is 18.2 Å². The first-order valence-corrected chi connectivity index (χ1v) is 9.31. The quantitative estimate of drug-likeness (QED) is 0.724. The summed E-state index contributed by atoms with van der Waals surface area (Å²) >= 11 is 1.29. The Morgan fingerprint density at radius 3 is 2.25 bits per heavy atom. The van der Waals surface area contributed by atoms with Crippen molar-refractivity contribution in [2.75, 3.05) is 13.4 Å². The molecule has 7 heteroatoms. The van der Waals surface area contributed by atoms with Crippen molar-refractivity contribution in [3.63, 3.8) is 0 Å². The summed E-state index contributed by atoms with van der Waals surface area (Å²) in [5, 5.41) is -0.879. The molecule has 1 unspecified atom stereocenters. The van der Waals surface area contributed by atoms with Gasteiger partial charge in [0.25, 0.3) is 5.91 Å². The van der Waals surface area contributed by atoms with E-state index in [0.29, 0.717) is 0 Å². The van der Waals surface area contributed by atoms with E-state index in [1.54, 1.807) is 6.26 Å². The molecule has 114 valence electrons. The number of fused-ring (bicyclic) bond motifs is 1. The molecular formula is C13H21NO4S2. The van der Waals surface area contributed by atoms with E-state index < -0.39 is 25.9 Å². The number of rotatable bonds is 2. The molecule has 2 rings (SSSR count). The Morgan fingerprint density at radius 1 is 1.30 bits per heavy atom. The van der Waals surface area contributed by atoms with Crippen molar-refractivity contribution in [3.05, 3.63) is 11.3 Å². The van der Waals surface area contributed by atoms with Gasteiger partial charge < -0.3 is 4.74 Å². The van der Waals surface area contributed by atoms with E-state index in [0.717, 1.165) is 11.3 Å². The molecule has 2 aliphatic rings. The second-order valence-electron chi connectivity index (χ2n) is 6.19. The summed E-state index contributed by atoms with van der Waals surface area (Å²) in [7, 11) is -2.09. The number of methoxy groups -OCH3 is 1. The van der Waals surface area contributed by atoms with Crippen LogP contribution in [0.3, 0.4) is 0 Å². The summed E-state index contributed by atoms with van der Waals surface area (Å²) in [6, 6.07) is 0. The molecule has 5 nitrogen and oxygen atoms in total. The maximum Gasteiger partial charge on any atom is 0.260 e. The van der Waals surface area contributed by atoms with Crippen LogP contribution in [-0.2, 0) is 19.4 Å². The summed E-state index contributed by atoms with van der Waals surface area (Å²) in [5.74, 6) is -0.259. The molecule has 0 aromatic rings. The zero-order valence-electron chi connectivity index (χ0n) is 12.6. The van der Waals surface area contributed by atoms with E-state index in [-0.39, 0.29) is 11.3 Å². The lowest BCUT2D eigenvalue weighted by molar-refractivity contribution is -0.160. The predicted octanol–water partition coefficient (Wildman–Crippen LogP) is 1.61. The highest BCUT2D eigenvalue weighted by Crippen LogP contribution is 2.48. The molecule has 0 bridgehead atoms. The van der Waals surface area contributed by atoms with Crippen molar-refractivity contribution in [3.8, 4) is 0 Å². The van der Waals surface area contributed by atoms with E-state index in [1.807, 2.05) is 27.7 Å². The molecule has 0 aliphatic carbocycles. The van der Waals surface area contributed by atoms with Gasteiger partial charge in [-0.3, -0.25) is 9.69 Å². The summed E-state index contributed by atoms with van der Waals surface area (Å²) in [6.45, 7) is 7.78. The zero-order chi connectivity index (χ0) is 15.5. The summed E-state index contributed by atoms with van der Waals surface area (Å²) in [4.78, 5) is 13.6. The first kappa shape index (κ1) is 15.9. The summed E-state index contributed by atoms with van der Waals surface area (Å²) in [5.41, 5.74) is 1.28. The molecule has 0 aromatic carbocycles. The van der Waals surface area contributed by atoms with Gasteiger partial charge in [0.15, 0.2) is 21.3 Å². The van der Waals surface area contributed by atoms with Gasteiger partial charge in [0.05, 0.1) is 0 Å². The fourth-order valence-corrected chi connectivity index (χ4v) is 6.96. The lowest BCUT2D eigenvalue weighted by Crippen LogP contribution is -2.71. The number of carbonyl (C=O) groups excluding carboxylic acids is 1. The summed E-state index contributed by atoms with van der Waals surface area (Å²) < 4.78 is 29.8. The van der Waals surface area contributed by atoms with Crippen LogP contribution in [0.15, 0.2) is 11.3 Å². The van der Waals surface area contributed by atoms with Gasteiger partial charge in [-0.15, -0.1) is 11.8 Å². The number of amides is 1. The van der Waals surface area contributed by atoms with Crippen LogP contribution in [0.5, 0.6) is 0 Å². The minimum absolute atomic E-state index is 0.259. The molecule has 20 heavy (non-hydrogen) atoms. The van der Waals surface area contributed by atoms with Crippen molar-refractivity contribution in [1.29, 1.82) is 0 Å². The van der Waals surface area contributed by atoms with Gasteiger partial charge in [-0.25, -0.2) is 8.42 Å². The number of allylic oxidation sites excluding steroid dienone is 1. The SMILES string of the molecule is CO[C@H]1C(=O)N2C(C(C)(C)C)=C(C)C(SC)S(=O)(=O)[C@H]12. The lowest BCUT2D eigenvalue weighted by atomic mass is 9.85. The standard InChI is InChI=1S/C13H21NO4S2/c1-7-9(13(2,3)4)14-10(15)8(18-5)11(14)20(16,17)12(7)19-6/h8,11-12H,1-6H3/t8-,11+,12?/m0/s1. The molecule has 0 saturated carbocycles. The van der Waals surface area contributed by atoms with Crippen LogP contribution in [0, 0.1) is 5.41 Å². The molecule has 1 amide bonds. The Bertz CT molecular complexity index is 574. The number of β-lactam (4-membered cyclic amide) rings is 1. The molecule has 0 spiro atoms. The van der Waals surface area contributed by atoms with Gasteiger partial charge in [0.1, 0.15) is 4.58 Å². The number of sulfone groups is 1. The van der Waals surface area contributed by atoms with Crippen LogP contribution in [0.25, 0.3) is 0 Å². The predicted molar refractivity (Wildman–Crippen MR) is 79.8 cm³/mol. The first-order valence-electron chi connectivity index (χ1n) is 6.41. The van der Waals surface area contributed by atoms with Gasteiger partial charge in [-0.2, -0.15) is 0 Å². The van der Waals surface area contributed by atoms with Crippen LogP contribution in [0.1, 0.15) is 27.7 Å². The number of hydrogen-bond donors (Lipinski definition) is 0. The fourth-order valence-electron chi connectivity index (χ4n) is 3.15. The highest BCUT2D eigenvalue weighted by atomic mass is 32.3. The average molecular weight is 319 g/mol. The van der Waals surface area contributed by atoms with Crippen molar-refractivity contribution in [2.24, 2.45) is 5.41 Å². The van der Waals surface area contributed by atoms with E-state index in [9.17, 15) is 13.2 Å². The lowest BCUT2D eigenvalue weighted by Gasteiger charge is -2.53. The van der Waals surface area contributed by atoms with Crippen molar-refractivity contribution in [2.45, 2.75) is 43.8 Å². The summed E-state index contributed by atoms with van der Waals surface area (Å²) in [6.07, 6.45) is 0.907. The first-order chi connectivity index (χ1) is 9.08. The second-order valence-corrected chi connectivity index (χ2v) is 9.57. The Hall–Kier alpha value is -0.530. The van der Waals surface area contributed by atoms with Crippen molar-refractivity contribution >= 4 is 27.5 Å². The van der Waals surface area contributed by atoms with Crippen LogP contribution >= 0.6 is 11.8 Å². The minimum Gasteiger partial charge on any atom is -0.368 e. The minimum atomic E-state index is -3.47. The molecular weight excluding hydrogens is 298 g/mol. The topological polar surface area (TPSA) is 63.7 Å². The number of carbonyl (C=O) groups is 1. The maximum atomic E-state index is 12.7.